The smallest absolute Gasteiger partial charge is 0.371 e. The zero-order chi connectivity index (χ0) is 22.9. The number of anilines is 1. The Morgan fingerprint density at radius 3 is 2.13 bits per heavy atom. The lowest BCUT2D eigenvalue weighted by atomic mass is 9.89. The number of aliphatic hydroxyl groups is 1. The van der Waals surface area contributed by atoms with Crippen molar-refractivity contribution in [3.8, 4) is 0 Å². The maximum absolute atomic E-state index is 14.1. The summed E-state index contributed by atoms with van der Waals surface area (Å²) in [5.74, 6) is 0. The molecule has 0 amide bonds. The van der Waals surface area contributed by atoms with Crippen molar-refractivity contribution in [3.05, 3.63) is 84.2 Å². The van der Waals surface area contributed by atoms with Crippen LogP contribution >= 0.6 is 0 Å². The SMILES string of the molecule is CCCn1cccc1C(O)(c1ccc(N(C)S(=O)(=O)c2ccccc2)cc1)C(F)(F)F. The van der Waals surface area contributed by atoms with Crippen molar-refractivity contribution in [1.29, 1.82) is 0 Å². The van der Waals surface area contributed by atoms with Crippen LogP contribution < -0.4 is 4.31 Å². The van der Waals surface area contributed by atoms with Gasteiger partial charge in [0.2, 0.25) is 5.60 Å². The van der Waals surface area contributed by atoms with E-state index in [0.717, 1.165) is 16.4 Å². The van der Waals surface area contributed by atoms with Crippen LogP contribution in [0.3, 0.4) is 0 Å². The molecule has 0 aliphatic heterocycles. The first-order valence-corrected chi connectivity index (χ1v) is 11.1. The highest BCUT2D eigenvalue weighted by atomic mass is 32.2. The monoisotopic (exact) mass is 452 g/mol. The summed E-state index contributed by atoms with van der Waals surface area (Å²) in [4.78, 5) is 0.0609. The van der Waals surface area contributed by atoms with Crippen molar-refractivity contribution in [1.82, 2.24) is 4.57 Å². The molecule has 0 spiro atoms. The molecule has 0 saturated carbocycles. The number of sulfonamides is 1. The second kappa shape index (κ2) is 8.39. The van der Waals surface area contributed by atoms with E-state index in [-0.39, 0.29) is 16.3 Å². The van der Waals surface area contributed by atoms with E-state index in [9.17, 15) is 26.7 Å². The van der Waals surface area contributed by atoms with Gasteiger partial charge in [0.15, 0.2) is 0 Å². The van der Waals surface area contributed by atoms with Gasteiger partial charge in [0, 0.05) is 19.8 Å². The van der Waals surface area contributed by atoms with E-state index in [1.54, 1.807) is 18.2 Å². The normalized spacial score (nSPS) is 14.3. The standard InChI is InChI=1S/C22H23F3N2O3S/c1-3-15-27-16-7-10-20(27)21(28,22(23,24)25)17-11-13-18(14-12-17)26(2)31(29,30)19-8-5-4-6-9-19/h4-14,16,28H,3,15H2,1-2H3. The quantitative estimate of drug-likeness (QED) is 0.573. The minimum absolute atomic E-state index is 0.0609. The molecule has 0 aliphatic rings. The van der Waals surface area contributed by atoms with Crippen LogP contribution in [0, 0.1) is 0 Å². The van der Waals surface area contributed by atoms with E-state index in [0.29, 0.717) is 13.0 Å². The third-order valence-electron chi connectivity index (χ3n) is 5.13. The third kappa shape index (κ3) is 4.07. The molecule has 0 aliphatic carbocycles. The highest BCUT2D eigenvalue weighted by molar-refractivity contribution is 7.92. The lowest BCUT2D eigenvalue weighted by molar-refractivity contribution is -0.250. The molecule has 31 heavy (non-hydrogen) atoms. The molecule has 5 nitrogen and oxygen atoms in total. The molecule has 1 heterocycles. The summed E-state index contributed by atoms with van der Waals surface area (Å²) in [6.07, 6.45) is -2.90. The van der Waals surface area contributed by atoms with Crippen LogP contribution in [0.5, 0.6) is 0 Å². The van der Waals surface area contributed by atoms with Gasteiger partial charge in [-0.25, -0.2) is 8.42 Å². The largest absolute Gasteiger partial charge is 0.427 e. The Bertz CT molecular complexity index is 1130. The lowest BCUT2D eigenvalue weighted by Gasteiger charge is -2.32. The van der Waals surface area contributed by atoms with E-state index in [1.807, 2.05) is 6.92 Å². The molecule has 0 fully saturated rings. The Balaban J connectivity index is 2.02. The fourth-order valence-corrected chi connectivity index (χ4v) is 4.65. The van der Waals surface area contributed by atoms with E-state index >= 15 is 0 Å². The van der Waals surface area contributed by atoms with Crippen LogP contribution in [0.15, 0.2) is 77.8 Å². The highest BCUT2D eigenvalue weighted by Gasteiger charge is 2.57. The summed E-state index contributed by atoms with van der Waals surface area (Å²) >= 11 is 0. The van der Waals surface area contributed by atoms with Gasteiger partial charge < -0.3 is 9.67 Å². The lowest BCUT2D eigenvalue weighted by Crippen LogP contribution is -2.45. The van der Waals surface area contributed by atoms with Gasteiger partial charge in [-0.3, -0.25) is 4.31 Å². The van der Waals surface area contributed by atoms with Crippen LogP contribution in [0.25, 0.3) is 0 Å². The van der Waals surface area contributed by atoms with Crippen molar-refractivity contribution in [2.24, 2.45) is 0 Å². The molecular weight excluding hydrogens is 429 g/mol. The van der Waals surface area contributed by atoms with E-state index < -0.39 is 27.4 Å². The van der Waals surface area contributed by atoms with Gasteiger partial charge in [-0.2, -0.15) is 13.2 Å². The van der Waals surface area contributed by atoms with E-state index in [4.69, 9.17) is 0 Å². The Hall–Kier alpha value is -2.78. The Kier molecular flexibility index (Phi) is 6.20. The molecule has 2 aromatic carbocycles. The third-order valence-corrected chi connectivity index (χ3v) is 6.93. The Morgan fingerprint density at radius 2 is 1.58 bits per heavy atom. The van der Waals surface area contributed by atoms with Crippen molar-refractivity contribution in [2.45, 2.75) is 36.6 Å². The minimum atomic E-state index is -4.99. The maximum atomic E-state index is 14.1. The number of hydrogen-bond acceptors (Lipinski definition) is 3. The van der Waals surface area contributed by atoms with Crippen molar-refractivity contribution in [3.63, 3.8) is 0 Å². The Morgan fingerprint density at radius 1 is 0.968 bits per heavy atom. The number of aromatic nitrogens is 1. The number of alkyl halides is 3. The molecule has 1 atom stereocenters. The van der Waals surface area contributed by atoms with Gasteiger partial charge in [-0.05, 0) is 48.4 Å². The predicted octanol–water partition coefficient (Wildman–Crippen LogP) is 4.52. The van der Waals surface area contributed by atoms with Gasteiger partial charge >= 0.3 is 6.18 Å². The molecule has 3 aromatic rings. The Labute approximate surface area is 179 Å². The maximum Gasteiger partial charge on any atom is 0.427 e. The fourth-order valence-electron chi connectivity index (χ4n) is 3.44. The zero-order valence-electron chi connectivity index (χ0n) is 17.0. The molecule has 0 saturated heterocycles. The van der Waals surface area contributed by atoms with Crippen LogP contribution in [-0.2, 0) is 22.2 Å². The van der Waals surface area contributed by atoms with Crippen LogP contribution in [-0.4, -0.2) is 31.3 Å². The molecule has 166 valence electrons. The molecular formula is C22H23F3N2O3S. The van der Waals surface area contributed by atoms with Gasteiger partial charge in [-0.15, -0.1) is 0 Å². The molecule has 1 aromatic heterocycles. The number of benzene rings is 2. The summed E-state index contributed by atoms with van der Waals surface area (Å²) < 4.78 is 70.1. The number of aryl methyl sites for hydroxylation is 1. The predicted molar refractivity (Wildman–Crippen MR) is 112 cm³/mol. The number of halogens is 3. The molecule has 1 unspecified atom stereocenters. The molecule has 0 radical (unpaired) electrons. The van der Waals surface area contributed by atoms with E-state index in [2.05, 4.69) is 0 Å². The first-order valence-electron chi connectivity index (χ1n) is 9.62. The van der Waals surface area contributed by atoms with Crippen LogP contribution in [0.4, 0.5) is 18.9 Å². The first kappa shape index (κ1) is 22.9. The summed E-state index contributed by atoms with van der Waals surface area (Å²) in [5.41, 5.74) is -3.76. The molecule has 1 N–H and O–H groups in total. The van der Waals surface area contributed by atoms with Crippen molar-refractivity contribution >= 4 is 15.7 Å². The van der Waals surface area contributed by atoms with Crippen LogP contribution in [0.1, 0.15) is 24.6 Å². The highest BCUT2D eigenvalue weighted by Crippen LogP contribution is 2.44. The van der Waals surface area contributed by atoms with Gasteiger partial charge in [0.25, 0.3) is 10.0 Å². The van der Waals surface area contributed by atoms with Gasteiger partial charge in [0.05, 0.1) is 16.3 Å². The minimum Gasteiger partial charge on any atom is -0.371 e. The summed E-state index contributed by atoms with van der Waals surface area (Å²) in [6, 6.07) is 15.1. The number of nitrogens with zero attached hydrogens (tertiary/aromatic N) is 2. The average molecular weight is 452 g/mol. The molecule has 9 heteroatoms. The summed E-state index contributed by atoms with van der Waals surface area (Å²) in [5, 5.41) is 10.9. The number of hydrogen-bond donors (Lipinski definition) is 1. The average Bonchev–Trinajstić information content (AvgIpc) is 3.21. The van der Waals surface area contributed by atoms with Crippen molar-refractivity contribution in [2.75, 3.05) is 11.4 Å². The second-order valence-corrected chi connectivity index (χ2v) is 9.10. The first-order chi connectivity index (χ1) is 14.5. The summed E-state index contributed by atoms with van der Waals surface area (Å²) in [6.45, 7) is 2.14. The fraction of sp³-hybridized carbons (Fsp3) is 0.273. The molecule has 0 bridgehead atoms. The zero-order valence-corrected chi connectivity index (χ0v) is 17.9. The second-order valence-electron chi connectivity index (χ2n) is 7.13. The van der Waals surface area contributed by atoms with Crippen molar-refractivity contribution < 1.29 is 26.7 Å². The number of rotatable bonds is 7. The van der Waals surface area contributed by atoms with Gasteiger partial charge in [0.1, 0.15) is 0 Å². The van der Waals surface area contributed by atoms with Gasteiger partial charge in [-0.1, -0.05) is 37.3 Å². The van der Waals surface area contributed by atoms with Crippen LogP contribution in [0.2, 0.25) is 0 Å². The van der Waals surface area contributed by atoms with E-state index in [1.165, 1.54) is 54.2 Å². The summed E-state index contributed by atoms with van der Waals surface area (Å²) in [7, 11) is -2.56. The topological polar surface area (TPSA) is 62.5 Å². The molecule has 3 rings (SSSR count).